The first-order chi connectivity index (χ1) is 8.84. The van der Waals surface area contributed by atoms with E-state index in [1.165, 1.54) is 18.2 Å². The van der Waals surface area contributed by atoms with Crippen LogP contribution in [0.15, 0.2) is 18.2 Å². The monoisotopic (exact) mass is 290 g/mol. The van der Waals surface area contributed by atoms with Crippen molar-refractivity contribution >= 4 is 28.6 Å². The molecule has 0 fully saturated rings. The highest BCUT2D eigenvalue weighted by atomic mass is 35.5. The molecular formula is C11H6ClF3N2O2. The largest absolute Gasteiger partial charge is 0.465 e. The lowest BCUT2D eigenvalue weighted by atomic mass is 10.1. The molecule has 0 N–H and O–H groups in total. The van der Waals surface area contributed by atoms with E-state index < -0.39 is 23.0 Å². The number of rotatable bonds is 1. The third kappa shape index (κ3) is 2.46. The van der Waals surface area contributed by atoms with Crippen molar-refractivity contribution in [2.24, 2.45) is 0 Å². The molecule has 1 aromatic heterocycles. The maximum Gasteiger partial charge on any atom is 0.436 e. The molecule has 0 radical (unpaired) electrons. The first kappa shape index (κ1) is 13.5. The van der Waals surface area contributed by atoms with Crippen LogP contribution < -0.4 is 0 Å². The molecule has 0 saturated heterocycles. The molecule has 2 aromatic rings. The van der Waals surface area contributed by atoms with Crippen LogP contribution in [0.3, 0.4) is 0 Å². The zero-order valence-corrected chi connectivity index (χ0v) is 10.2. The number of nitrogens with zero attached hydrogens (tertiary/aromatic N) is 2. The molecule has 0 saturated carbocycles. The Morgan fingerprint density at radius 3 is 2.58 bits per heavy atom. The number of halogens is 4. The van der Waals surface area contributed by atoms with E-state index in [4.69, 9.17) is 11.6 Å². The number of esters is 1. The summed E-state index contributed by atoms with van der Waals surface area (Å²) in [6.07, 6.45) is -4.71. The van der Waals surface area contributed by atoms with Gasteiger partial charge in [-0.15, -0.1) is 0 Å². The van der Waals surface area contributed by atoms with Gasteiger partial charge < -0.3 is 4.74 Å². The van der Waals surface area contributed by atoms with E-state index in [1.807, 2.05) is 0 Å². The molecule has 19 heavy (non-hydrogen) atoms. The fourth-order valence-corrected chi connectivity index (χ4v) is 1.75. The minimum atomic E-state index is -4.71. The summed E-state index contributed by atoms with van der Waals surface area (Å²) in [5, 5.41) is -0.809. The second-order valence-electron chi connectivity index (χ2n) is 3.53. The molecule has 0 unspecified atom stereocenters. The third-order valence-corrected chi connectivity index (χ3v) is 2.59. The number of ether oxygens (including phenoxy) is 1. The van der Waals surface area contributed by atoms with E-state index in [0.717, 1.165) is 7.11 Å². The normalized spacial score (nSPS) is 11.6. The molecule has 0 aliphatic carbocycles. The predicted octanol–water partition coefficient (Wildman–Crippen LogP) is 3.09. The van der Waals surface area contributed by atoms with Gasteiger partial charge in [-0.3, -0.25) is 0 Å². The van der Waals surface area contributed by atoms with Crippen molar-refractivity contribution in [3.05, 3.63) is 34.6 Å². The van der Waals surface area contributed by atoms with Gasteiger partial charge in [0.2, 0.25) is 0 Å². The van der Waals surface area contributed by atoms with Gasteiger partial charge in [-0.1, -0.05) is 17.7 Å². The Balaban J connectivity index is 2.74. The number of carbonyl (C=O) groups excluding carboxylic acids is 1. The first-order valence-corrected chi connectivity index (χ1v) is 5.34. The fraction of sp³-hybridized carbons (Fsp3) is 0.182. The highest BCUT2D eigenvalue weighted by molar-refractivity contribution is 6.30. The van der Waals surface area contributed by atoms with Crippen LogP contribution in [-0.2, 0) is 10.9 Å². The van der Waals surface area contributed by atoms with Gasteiger partial charge in [-0.05, 0) is 12.1 Å². The lowest BCUT2D eigenvalue weighted by Gasteiger charge is -2.09. The molecule has 0 atom stereocenters. The van der Waals surface area contributed by atoms with Gasteiger partial charge >= 0.3 is 12.1 Å². The summed E-state index contributed by atoms with van der Waals surface area (Å²) in [7, 11) is 1.15. The van der Waals surface area contributed by atoms with Crippen LogP contribution >= 0.6 is 11.6 Å². The Hall–Kier alpha value is -1.89. The number of benzene rings is 1. The first-order valence-electron chi connectivity index (χ1n) is 4.96. The molecule has 0 bridgehead atoms. The van der Waals surface area contributed by atoms with E-state index in [1.54, 1.807) is 0 Å². The molecule has 0 aliphatic rings. The second-order valence-corrected chi connectivity index (χ2v) is 3.88. The van der Waals surface area contributed by atoms with E-state index in [0.29, 0.717) is 0 Å². The number of aromatic nitrogens is 2. The Morgan fingerprint density at radius 1 is 1.32 bits per heavy atom. The molecule has 8 heteroatoms. The van der Waals surface area contributed by atoms with Gasteiger partial charge in [-0.25, -0.2) is 14.8 Å². The minimum Gasteiger partial charge on any atom is -0.465 e. The van der Waals surface area contributed by atoms with Crippen LogP contribution in [0.25, 0.3) is 11.0 Å². The Kier molecular flexibility index (Phi) is 3.32. The van der Waals surface area contributed by atoms with Crippen molar-refractivity contribution in [3.63, 3.8) is 0 Å². The van der Waals surface area contributed by atoms with E-state index in [2.05, 4.69) is 14.7 Å². The zero-order chi connectivity index (χ0) is 14.2. The number of alkyl halides is 3. The molecule has 0 aliphatic heterocycles. The molecule has 4 nitrogen and oxygen atoms in total. The Labute approximate surface area is 110 Å². The molecule has 1 heterocycles. The summed E-state index contributed by atoms with van der Waals surface area (Å²) in [6.45, 7) is 0. The Morgan fingerprint density at radius 2 is 2.00 bits per heavy atom. The van der Waals surface area contributed by atoms with Gasteiger partial charge in [0, 0.05) is 0 Å². The molecule has 2 rings (SSSR count). The minimum absolute atomic E-state index is 0.00289. The summed E-state index contributed by atoms with van der Waals surface area (Å²) in [6, 6.07) is 4.06. The van der Waals surface area contributed by atoms with Crippen LogP contribution in [-0.4, -0.2) is 23.0 Å². The van der Waals surface area contributed by atoms with E-state index in [9.17, 15) is 18.0 Å². The van der Waals surface area contributed by atoms with Crippen molar-refractivity contribution in [2.45, 2.75) is 6.18 Å². The maximum atomic E-state index is 12.6. The molecule has 0 spiro atoms. The number of hydrogen-bond acceptors (Lipinski definition) is 4. The highest BCUT2D eigenvalue weighted by Gasteiger charge is 2.36. The lowest BCUT2D eigenvalue weighted by molar-refractivity contribution is -0.141. The van der Waals surface area contributed by atoms with Crippen molar-refractivity contribution in [1.82, 2.24) is 9.97 Å². The highest BCUT2D eigenvalue weighted by Crippen LogP contribution is 2.33. The van der Waals surface area contributed by atoms with Crippen molar-refractivity contribution in [3.8, 4) is 0 Å². The molecule has 100 valence electrons. The molecule has 1 aromatic carbocycles. The van der Waals surface area contributed by atoms with Crippen molar-refractivity contribution in [2.75, 3.05) is 7.11 Å². The van der Waals surface area contributed by atoms with Crippen molar-refractivity contribution in [1.29, 1.82) is 0 Å². The summed E-state index contributed by atoms with van der Waals surface area (Å²) < 4.78 is 42.4. The number of fused-ring (bicyclic) bond motifs is 1. The topological polar surface area (TPSA) is 52.1 Å². The number of hydrogen-bond donors (Lipinski definition) is 0. The van der Waals surface area contributed by atoms with Crippen LogP contribution in [0.4, 0.5) is 13.2 Å². The average molecular weight is 291 g/mol. The van der Waals surface area contributed by atoms with Gasteiger partial charge in [0.15, 0.2) is 10.8 Å². The van der Waals surface area contributed by atoms with Gasteiger partial charge in [0.05, 0.1) is 18.2 Å². The predicted molar refractivity (Wildman–Crippen MR) is 60.9 cm³/mol. The van der Waals surface area contributed by atoms with Crippen LogP contribution in [0.5, 0.6) is 0 Å². The third-order valence-electron chi connectivity index (χ3n) is 2.33. The Bertz CT molecular complexity index is 658. The number of methoxy groups -OCH3 is 1. The summed E-state index contributed by atoms with van der Waals surface area (Å²) in [5.74, 6) is -0.726. The summed E-state index contributed by atoms with van der Waals surface area (Å²) in [4.78, 5) is 18.5. The van der Waals surface area contributed by atoms with E-state index >= 15 is 0 Å². The average Bonchev–Trinajstić information content (AvgIpc) is 2.35. The molecule has 0 amide bonds. The standard InChI is InChI=1S/C11H6ClF3N2O2/c1-19-10(18)5-3-2-4-6-7(5)17-9(12)8(16-6)11(13,14)15/h2-4H,1H3. The van der Waals surface area contributed by atoms with E-state index in [-0.39, 0.29) is 16.6 Å². The SMILES string of the molecule is COC(=O)c1cccc2nc(C(F)(F)F)c(Cl)nc12. The van der Waals surface area contributed by atoms with Crippen LogP contribution in [0, 0.1) is 0 Å². The summed E-state index contributed by atoms with van der Waals surface area (Å²) in [5.41, 5.74) is -1.40. The number of carbonyl (C=O) groups is 1. The smallest absolute Gasteiger partial charge is 0.436 e. The quantitative estimate of drug-likeness (QED) is 0.757. The molecular weight excluding hydrogens is 285 g/mol. The zero-order valence-electron chi connectivity index (χ0n) is 9.45. The van der Waals surface area contributed by atoms with Gasteiger partial charge in [0.25, 0.3) is 0 Å². The lowest BCUT2D eigenvalue weighted by Crippen LogP contribution is -2.11. The fourth-order valence-electron chi connectivity index (χ4n) is 1.51. The summed E-state index contributed by atoms with van der Waals surface area (Å²) >= 11 is 5.46. The van der Waals surface area contributed by atoms with Crippen LogP contribution in [0.1, 0.15) is 16.1 Å². The number of para-hydroxylation sites is 1. The van der Waals surface area contributed by atoms with Crippen molar-refractivity contribution < 1.29 is 22.7 Å². The second kappa shape index (κ2) is 4.65. The van der Waals surface area contributed by atoms with Gasteiger partial charge in [0.1, 0.15) is 5.52 Å². The van der Waals surface area contributed by atoms with Gasteiger partial charge in [-0.2, -0.15) is 13.2 Å². The van der Waals surface area contributed by atoms with Crippen LogP contribution in [0.2, 0.25) is 5.15 Å². The maximum absolute atomic E-state index is 12.6.